The normalized spacial score (nSPS) is 12.1. The number of hydrogen-bond acceptors (Lipinski definition) is 2. The molecule has 1 aromatic heterocycles. The molecule has 4 heteroatoms. The first-order valence-electron chi connectivity index (χ1n) is 4.41. The molecule has 1 aromatic rings. The van der Waals surface area contributed by atoms with Gasteiger partial charge in [-0.05, 0) is 6.92 Å². The largest absolute Gasteiger partial charge is 0.387 e. The zero-order valence-electron chi connectivity index (χ0n) is 8.41. The van der Waals surface area contributed by atoms with Crippen LogP contribution < -0.4 is 5.73 Å². The van der Waals surface area contributed by atoms with E-state index in [1.54, 1.807) is 0 Å². The van der Waals surface area contributed by atoms with Crippen molar-refractivity contribution in [2.75, 3.05) is 0 Å². The van der Waals surface area contributed by atoms with Crippen LogP contribution in [0.2, 0.25) is 0 Å². The van der Waals surface area contributed by atoms with Crippen molar-refractivity contribution in [3.05, 3.63) is 17.7 Å². The first kappa shape index (κ1) is 9.77. The van der Waals surface area contributed by atoms with Gasteiger partial charge in [0.15, 0.2) is 0 Å². The van der Waals surface area contributed by atoms with Crippen molar-refractivity contribution < 1.29 is 0 Å². The van der Waals surface area contributed by atoms with Crippen LogP contribution in [-0.2, 0) is 13.6 Å². The lowest BCUT2D eigenvalue weighted by atomic mass is 10.4. The van der Waals surface area contributed by atoms with Crippen LogP contribution in [0.15, 0.2) is 11.2 Å². The number of aryl methyl sites for hydroxylation is 1. The molecule has 2 N–H and O–H groups in total. The van der Waals surface area contributed by atoms with Crippen molar-refractivity contribution in [1.29, 1.82) is 0 Å². The van der Waals surface area contributed by atoms with Crippen LogP contribution in [0.1, 0.15) is 24.9 Å². The third kappa shape index (κ3) is 2.31. The van der Waals surface area contributed by atoms with Crippen LogP contribution in [0, 0.1) is 6.92 Å². The minimum Gasteiger partial charge on any atom is -0.387 e. The second-order valence-corrected chi connectivity index (χ2v) is 3.02. The van der Waals surface area contributed by atoms with E-state index in [4.69, 9.17) is 5.73 Å². The second kappa shape index (κ2) is 4.07. The average molecular weight is 180 g/mol. The number of hydrogen-bond donors (Lipinski definition) is 1. The van der Waals surface area contributed by atoms with Crippen LogP contribution >= 0.6 is 0 Å². The van der Waals surface area contributed by atoms with E-state index in [9.17, 15) is 0 Å². The van der Waals surface area contributed by atoms with Crippen LogP contribution in [0.25, 0.3) is 0 Å². The lowest BCUT2D eigenvalue weighted by Gasteiger charge is -2.00. The monoisotopic (exact) mass is 180 g/mol. The van der Waals surface area contributed by atoms with Crippen LogP contribution in [-0.4, -0.2) is 15.4 Å². The van der Waals surface area contributed by atoms with Crippen molar-refractivity contribution in [3.63, 3.8) is 0 Å². The topological polar surface area (TPSA) is 56.2 Å². The van der Waals surface area contributed by atoms with E-state index in [0.717, 1.165) is 17.9 Å². The van der Waals surface area contributed by atoms with E-state index >= 15 is 0 Å². The fourth-order valence-electron chi connectivity index (χ4n) is 0.990. The first-order chi connectivity index (χ1) is 6.15. The maximum Gasteiger partial charge on any atom is 0.105 e. The van der Waals surface area contributed by atoms with Crippen molar-refractivity contribution >= 4 is 5.84 Å². The molecule has 1 heterocycles. The molecule has 0 aromatic carbocycles. The number of aliphatic imine (C=N–C) groups is 1. The Morgan fingerprint density at radius 2 is 2.38 bits per heavy atom. The van der Waals surface area contributed by atoms with Gasteiger partial charge in [-0.3, -0.25) is 4.99 Å². The van der Waals surface area contributed by atoms with Crippen molar-refractivity contribution in [3.8, 4) is 0 Å². The number of amidine groups is 1. The molecule has 0 aliphatic rings. The summed E-state index contributed by atoms with van der Waals surface area (Å²) in [6.45, 7) is 4.58. The molecule has 1 rings (SSSR count). The minimum atomic E-state index is 0.622. The summed E-state index contributed by atoms with van der Waals surface area (Å²) in [5, 5.41) is 0. The molecule has 72 valence electrons. The van der Waals surface area contributed by atoms with Gasteiger partial charge in [-0.25, -0.2) is 4.98 Å². The van der Waals surface area contributed by atoms with E-state index in [1.165, 1.54) is 0 Å². The summed E-state index contributed by atoms with van der Waals surface area (Å²) in [5.41, 5.74) is 6.69. The third-order valence-corrected chi connectivity index (χ3v) is 2.12. The van der Waals surface area contributed by atoms with Gasteiger partial charge in [0, 0.05) is 13.5 Å². The van der Waals surface area contributed by atoms with Gasteiger partial charge < -0.3 is 10.3 Å². The number of aromatic nitrogens is 2. The van der Waals surface area contributed by atoms with E-state index in [-0.39, 0.29) is 0 Å². The molecule has 0 saturated carbocycles. The fraction of sp³-hybridized carbons (Fsp3) is 0.556. The first-order valence-corrected chi connectivity index (χ1v) is 4.41. The van der Waals surface area contributed by atoms with Crippen molar-refractivity contribution in [1.82, 2.24) is 9.55 Å². The fourth-order valence-corrected chi connectivity index (χ4v) is 0.990. The standard InChI is InChI=1S/C9H16N4/c1-4-9(10)12-6-8-5-11-7(2)13(8)3/h5H,4,6H2,1-3H3,(H2,10,12). The zero-order chi connectivity index (χ0) is 9.84. The van der Waals surface area contributed by atoms with Gasteiger partial charge in [0.05, 0.1) is 24.3 Å². The Morgan fingerprint density at radius 3 is 2.85 bits per heavy atom. The summed E-state index contributed by atoms with van der Waals surface area (Å²) in [7, 11) is 1.98. The van der Waals surface area contributed by atoms with Gasteiger partial charge in [0.25, 0.3) is 0 Å². The van der Waals surface area contributed by atoms with Crippen LogP contribution in [0.5, 0.6) is 0 Å². The van der Waals surface area contributed by atoms with Crippen molar-refractivity contribution in [2.24, 2.45) is 17.8 Å². The van der Waals surface area contributed by atoms with Gasteiger partial charge in [-0.1, -0.05) is 6.92 Å². The molecule has 0 atom stereocenters. The molecule has 0 amide bonds. The molecule has 0 bridgehead atoms. The number of rotatable bonds is 3. The molecule has 0 unspecified atom stereocenters. The van der Waals surface area contributed by atoms with E-state index in [0.29, 0.717) is 12.4 Å². The van der Waals surface area contributed by atoms with Gasteiger partial charge >= 0.3 is 0 Å². The summed E-state index contributed by atoms with van der Waals surface area (Å²) >= 11 is 0. The highest BCUT2D eigenvalue weighted by molar-refractivity contribution is 5.79. The summed E-state index contributed by atoms with van der Waals surface area (Å²) in [5.74, 6) is 1.69. The third-order valence-electron chi connectivity index (χ3n) is 2.12. The van der Waals surface area contributed by atoms with Gasteiger partial charge in [0.2, 0.25) is 0 Å². The van der Waals surface area contributed by atoms with Crippen molar-refractivity contribution in [2.45, 2.75) is 26.8 Å². The molecule has 4 nitrogen and oxygen atoms in total. The number of nitrogens with zero attached hydrogens (tertiary/aromatic N) is 3. The van der Waals surface area contributed by atoms with E-state index in [2.05, 4.69) is 9.98 Å². The molecule has 0 fully saturated rings. The summed E-state index contributed by atoms with van der Waals surface area (Å²) < 4.78 is 2.02. The predicted molar refractivity (Wildman–Crippen MR) is 53.6 cm³/mol. The number of imidazole rings is 1. The molecular weight excluding hydrogens is 164 g/mol. The lowest BCUT2D eigenvalue weighted by Crippen LogP contribution is -2.10. The average Bonchev–Trinajstić information content (AvgIpc) is 2.44. The Bertz CT molecular complexity index is 311. The maximum atomic E-state index is 5.60. The second-order valence-electron chi connectivity index (χ2n) is 3.02. The number of nitrogens with two attached hydrogens (primary N) is 1. The predicted octanol–water partition coefficient (Wildman–Crippen LogP) is 0.996. The molecule has 0 radical (unpaired) electrons. The Labute approximate surface area is 78.5 Å². The zero-order valence-corrected chi connectivity index (χ0v) is 8.41. The molecular formula is C9H16N4. The summed E-state index contributed by atoms with van der Waals surface area (Å²) in [6, 6.07) is 0. The van der Waals surface area contributed by atoms with E-state index in [1.807, 2.05) is 31.7 Å². The minimum absolute atomic E-state index is 0.622. The molecule has 13 heavy (non-hydrogen) atoms. The molecule has 0 aliphatic carbocycles. The Hall–Kier alpha value is -1.32. The van der Waals surface area contributed by atoms with Crippen LogP contribution in [0.3, 0.4) is 0 Å². The van der Waals surface area contributed by atoms with Gasteiger partial charge in [-0.15, -0.1) is 0 Å². The maximum absolute atomic E-state index is 5.60. The van der Waals surface area contributed by atoms with Gasteiger partial charge in [-0.2, -0.15) is 0 Å². The smallest absolute Gasteiger partial charge is 0.105 e. The highest BCUT2D eigenvalue weighted by atomic mass is 15.1. The lowest BCUT2D eigenvalue weighted by molar-refractivity contribution is 0.787. The molecule has 0 saturated heterocycles. The summed E-state index contributed by atoms with van der Waals surface area (Å²) in [4.78, 5) is 8.39. The van der Waals surface area contributed by atoms with Crippen LogP contribution in [0.4, 0.5) is 0 Å². The van der Waals surface area contributed by atoms with E-state index < -0.39 is 0 Å². The molecule has 0 spiro atoms. The Morgan fingerprint density at radius 1 is 1.69 bits per heavy atom. The van der Waals surface area contributed by atoms with Gasteiger partial charge in [0.1, 0.15) is 5.82 Å². The summed E-state index contributed by atoms with van der Waals surface area (Å²) in [6.07, 6.45) is 2.64. The highest BCUT2D eigenvalue weighted by Gasteiger charge is 2.00. The molecule has 0 aliphatic heterocycles. The Kier molecular flexibility index (Phi) is 3.06. The quantitative estimate of drug-likeness (QED) is 0.557. The SMILES string of the molecule is CCC(N)=NCc1cnc(C)n1C. The highest BCUT2D eigenvalue weighted by Crippen LogP contribution is 2.03. The Balaban J connectivity index is 2.70.